The Morgan fingerprint density at radius 1 is 1.15 bits per heavy atom. The number of rotatable bonds is 9. The lowest BCUT2D eigenvalue weighted by atomic mass is 10.1. The molecule has 33 heavy (non-hydrogen) atoms. The lowest BCUT2D eigenvalue weighted by molar-refractivity contribution is -0.141. The third-order valence-corrected chi connectivity index (χ3v) is 6.52. The van der Waals surface area contributed by atoms with Gasteiger partial charge in [-0.15, -0.1) is 6.58 Å². The van der Waals surface area contributed by atoms with Crippen LogP contribution in [0.1, 0.15) is 24.8 Å². The topological polar surface area (TPSA) is 79.4 Å². The van der Waals surface area contributed by atoms with Gasteiger partial charge in [0.1, 0.15) is 5.75 Å². The first-order chi connectivity index (χ1) is 16.0. The number of carbonyl (C=O) groups excluding carboxylic acids is 3. The van der Waals surface area contributed by atoms with Crippen molar-refractivity contribution in [2.75, 3.05) is 46.4 Å². The molecule has 0 aromatic heterocycles. The number of hydrogen-bond acceptors (Lipinski definition) is 5. The lowest BCUT2D eigenvalue weighted by Crippen LogP contribution is -2.43. The van der Waals surface area contributed by atoms with Gasteiger partial charge in [0.25, 0.3) is 0 Å². The molecule has 1 saturated carbocycles. The number of hydrogen-bond donors (Lipinski definition) is 0. The van der Waals surface area contributed by atoms with Crippen LogP contribution in [0.4, 0.5) is 0 Å². The number of likely N-dealkylation sites (tertiary alicyclic amines) is 1. The van der Waals surface area contributed by atoms with Crippen molar-refractivity contribution in [3.05, 3.63) is 42.5 Å². The summed E-state index contributed by atoms with van der Waals surface area (Å²) in [7, 11) is 1.62. The Balaban J connectivity index is 1.47. The third kappa shape index (κ3) is 5.93. The van der Waals surface area contributed by atoms with E-state index in [2.05, 4.69) is 6.58 Å². The van der Waals surface area contributed by atoms with E-state index < -0.39 is 5.92 Å². The first-order valence-electron chi connectivity index (χ1n) is 11.7. The first kappa shape index (κ1) is 23.3. The summed E-state index contributed by atoms with van der Waals surface area (Å²) in [4.78, 5) is 43.8. The SMILES string of the molecule is C=CCN1C[C@@H](C(=O)N2CC(=O)N(Cc3cccc(OC)c3)C[C@@H](OCC3CC3)C2)CC1=O. The highest BCUT2D eigenvalue weighted by atomic mass is 16.5. The Labute approximate surface area is 195 Å². The van der Waals surface area contributed by atoms with Crippen molar-refractivity contribution >= 4 is 17.7 Å². The van der Waals surface area contributed by atoms with Gasteiger partial charge in [-0.2, -0.15) is 0 Å². The molecular formula is C25H33N3O5. The standard InChI is InChI=1S/C25H33N3O5/c1-3-9-26-13-20(11-23(26)29)25(31)28-15-22(33-17-18-7-8-18)14-27(24(30)16-28)12-19-5-4-6-21(10-19)32-2/h3-6,10,18,20,22H,1,7-9,11-17H2,2H3/t20-,22+/m0/s1. The summed E-state index contributed by atoms with van der Waals surface area (Å²) in [5.74, 6) is 0.584. The van der Waals surface area contributed by atoms with Crippen LogP contribution in [0.2, 0.25) is 0 Å². The predicted octanol–water partition coefficient (Wildman–Crippen LogP) is 1.70. The predicted molar refractivity (Wildman–Crippen MR) is 122 cm³/mol. The van der Waals surface area contributed by atoms with Gasteiger partial charge in [-0.3, -0.25) is 14.4 Å². The molecule has 2 heterocycles. The first-order valence-corrected chi connectivity index (χ1v) is 11.7. The van der Waals surface area contributed by atoms with Crippen molar-refractivity contribution in [2.45, 2.75) is 31.9 Å². The van der Waals surface area contributed by atoms with Crippen LogP contribution in [-0.2, 0) is 25.7 Å². The molecule has 0 N–H and O–H groups in total. The van der Waals surface area contributed by atoms with E-state index in [9.17, 15) is 14.4 Å². The fraction of sp³-hybridized carbons (Fsp3) is 0.560. The summed E-state index contributed by atoms with van der Waals surface area (Å²) >= 11 is 0. The highest BCUT2D eigenvalue weighted by Gasteiger charge is 2.39. The molecule has 1 aromatic rings. The van der Waals surface area contributed by atoms with Gasteiger partial charge < -0.3 is 24.2 Å². The van der Waals surface area contributed by atoms with Crippen LogP contribution in [0.15, 0.2) is 36.9 Å². The molecule has 2 saturated heterocycles. The molecule has 3 aliphatic rings. The van der Waals surface area contributed by atoms with Crippen LogP contribution >= 0.6 is 0 Å². The maximum absolute atomic E-state index is 13.3. The molecule has 1 aromatic carbocycles. The lowest BCUT2D eigenvalue weighted by Gasteiger charge is -2.26. The smallest absolute Gasteiger partial charge is 0.242 e. The summed E-state index contributed by atoms with van der Waals surface area (Å²) in [6, 6.07) is 7.65. The van der Waals surface area contributed by atoms with Crippen molar-refractivity contribution in [3.63, 3.8) is 0 Å². The molecular weight excluding hydrogens is 422 g/mol. The molecule has 0 spiro atoms. The van der Waals surface area contributed by atoms with Crippen molar-refractivity contribution < 1.29 is 23.9 Å². The number of ether oxygens (including phenoxy) is 2. The van der Waals surface area contributed by atoms with E-state index in [-0.39, 0.29) is 36.8 Å². The molecule has 8 nitrogen and oxygen atoms in total. The van der Waals surface area contributed by atoms with Gasteiger partial charge in [0.2, 0.25) is 17.7 Å². The van der Waals surface area contributed by atoms with E-state index in [1.165, 1.54) is 12.8 Å². The molecule has 1 aliphatic carbocycles. The number of carbonyl (C=O) groups is 3. The average molecular weight is 456 g/mol. The fourth-order valence-electron chi connectivity index (χ4n) is 4.48. The van der Waals surface area contributed by atoms with Crippen LogP contribution in [0.5, 0.6) is 5.75 Å². The molecule has 178 valence electrons. The monoisotopic (exact) mass is 455 g/mol. The summed E-state index contributed by atoms with van der Waals surface area (Å²) in [5.41, 5.74) is 0.963. The van der Waals surface area contributed by atoms with Gasteiger partial charge in [-0.1, -0.05) is 18.2 Å². The molecule has 3 amide bonds. The van der Waals surface area contributed by atoms with E-state index in [1.807, 2.05) is 24.3 Å². The number of methoxy groups -OCH3 is 1. The van der Waals surface area contributed by atoms with Crippen LogP contribution in [0, 0.1) is 11.8 Å². The van der Waals surface area contributed by atoms with E-state index in [0.717, 1.165) is 11.3 Å². The Kier molecular flexibility index (Phi) is 7.33. The van der Waals surface area contributed by atoms with Crippen LogP contribution in [0.3, 0.4) is 0 Å². The summed E-state index contributed by atoms with van der Waals surface area (Å²) < 4.78 is 11.5. The maximum atomic E-state index is 13.3. The molecule has 2 aliphatic heterocycles. The van der Waals surface area contributed by atoms with Crippen LogP contribution in [-0.4, -0.2) is 85.0 Å². The second kappa shape index (κ2) is 10.4. The number of benzene rings is 1. The van der Waals surface area contributed by atoms with Gasteiger partial charge >= 0.3 is 0 Å². The maximum Gasteiger partial charge on any atom is 0.242 e. The average Bonchev–Trinajstić information content (AvgIpc) is 3.59. The van der Waals surface area contributed by atoms with Gasteiger partial charge in [-0.25, -0.2) is 0 Å². The Morgan fingerprint density at radius 3 is 2.70 bits per heavy atom. The number of nitrogens with zero attached hydrogens (tertiary/aromatic N) is 3. The molecule has 4 rings (SSSR count). The van der Waals surface area contributed by atoms with E-state index in [4.69, 9.17) is 9.47 Å². The zero-order valence-electron chi connectivity index (χ0n) is 19.3. The van der Waals surface area contributed by atoms with E-state index >= 15 is 0 Å². The number of amides is 3. The van der Waals surface area contributed by atoms with Gasteiger partial charge in [0.05, 0.1) is 25.7 Å². The van der Waals surface area contributed by atoms with E-state index in [0.29, 0.717) is 45.2 Å². The molecule has 0 radical (unpaired) electrons. The third-order valence-electron chi connectivity index (χ3n) is 6.52. The van der Waals surface area contributed by atoms with E-state index in [1.54, 1.807) is 27.9 Å². The molecule has 8 heteroatoms. The van der Waals surface area contributed by atoms with Gasteiger partial charge in [-0.05, 0) is 36.5 Å². The molecule has 3 fully saturated rings. The summed E-state index contributed by atoms with van der Waals surface area (Å²) in [6.45, 7) is 6.35. The normalized spacial score (nSPS) is 23.6. The Morgan fingerprint density at radius 2 is 1.97 bits per heavy atom. The van der Waals surface area contributed by atoms with Crippen molar-refractivity contribution in [1.82, 2.24) is 14.7 Å². The highest BCUT2D eigenvalue weighted by Crippen LogP contribution is 2.30. The quantitative estimate of drug-likeness (QED) is 0.530. The summed E-state index contributed by atoms with van der Waals surface area (Å²) in [5, 5.41) is 0. The molecule has 2 atom stereocenters. The Bertz CT molecular complexity index is 900. The summed E-state index contributed by atoms with van der Waals surface area (Å²) in [6.07, 6.45) is 3.93. The minimum atomic E-state index is -0.431. The van der Waals surface area contributed by atoms with Crippen LogP contribution < -0.4 is 4.74 Å². The minimum absolute atomic E-state index is 0.00175. The van der Waals surface area contributed by atoms with Crippen LogP contribution in [0.25, 0.3) is 0 Å². The fourth-order valence-corrected chi connectivity index (χ4v) is 4.48. The zero-order chi connectivity index (χ0) is 23.4. The molecule has 0 unspecified atom stereocenters. The molecule has 0 bridgehead atoms. The van der Waals surface area contributed by atoms with Crippen molar-refractivity contribution in [3.8, 4) is 5.75 Å². The second-order valence-corrected chi connectivity index (χ2v) is 9.23. The van der Waals surface area contributed by atoms with Gasteiger partial charge in [0.15, 0.2) is 0 Å². The minimum Gasteiger partial charge on any atom is -0.497 e. The van der Waals surface area contributed by atoms with Crippen molar-refractivity contribution in [2.24, 2.45) is 11.8 Å². The van der Waals surface area contributed by atoms with Crippen molar-refractivity contribution in [1.29, 1.82) is 0 Å². The van der Waals surface area contributed by atoms with Gasteiger partial charge in [0, 0.05) is 45.8 Å². The zero-order valence-corrected chi connectivity index (χ0v) is 19.3. The Hall–Kier alpha value is -2.87. The highest BCUT2D eigenvalue weighted by molar-refractivity contribution is 5.91. The largest absolute Gasteiger partial charge is 0.497 e. The second-order valence-electron chi connectivity index (χ2n) is 9.23.